The van der Waals surface area contributed by atoms with Gasteiger partial charge in [-0.15, -0.1) is 0 Å². The van der Waals surface area contributed by atoms with Crippen LogP contribution in [0.4, 0.5) is 0 Å². The van der Waals surface area contributed by atoms with Gasteiger partial charge in [-0.3, -0.25) is 18.6 Å². The Morgan fingerprint density at radius 2 is 1.80 bits per heavy atom. The van der Waals surface area contributed by atoms with Crippen LogP contribution in [-0.2, 0) is 23.9 Å². The maximum atomic E-state index is 12.9. The molecule has 7 nitrogen and oxygen atoms in total. The number of rotatable bonds is 6. The van der Waals surface area contributed by atoms with Crippen molar-refractivity contribution in [3.05, 3.63) is 69.1 Å². The number of hydrogen-bond acceptors (Lipinski definition) is 4. The SMILES string of the molecule is Cc1ccc(CNC(=O)c2ccc3n(c2=O)CCN(CC2([S@@](C)=O)CC2)C3=O)cc1. The highest BCUT2D eigenvalue weighted by atomic mass is 32.2. The highest BCUT2D eigenvalue weighted by Crippen LogP contribution is 2.42. The van der Waals surface area contributed by atoms with E-state index in [9.17, 15) is 18.6 Å². The van der Waals surface area contributed by atoms with E-state index in [0.717, 1.165) is 24.0 Å². The number of hydrogen-bond donors (Lipinski definition) is 1. The van der Waals surface area contributed by atoms with Crippen molar-refractivity contribution in [3.63, 3.8) is 0 Å². The quantitative estimate of drug-likeness (QED) is 0.756. The number of carbonyl (C=O) groups excluding carboxylic acids is 2. The highest BCUT2D eigenvalue weighted by Gasteiger charge is 2.49. The summed E-state index contributed by atoms with van der Waals surface area (Å²) in [5, 5.41) is 2.77. The molecule has 0 spiro atoms. The fourth-order valence-electron chi connectivity index (χ4n) is 3.80. The van der Waals surface area contributed by atoms with E-state index in [4.69, 9.17) is 0 Å². The molecular weight excluding hydrogens is 402 g/mol. The molecule has 1 N–H and O–H groups in total. The van der Waals surface area contributed by atoms with Crippen LogP contribution in [0.1, 0.15) is 44.8 Å². The minimum atomic E-state index is -0.989. The lowest BCUT2D eigenvalue weighted by Crippen LogP contribution is -2.49. The third-order valence-corrected chi connectivity index (χ3v) is 7.75. The molecule has 0 bridgehead atoms. The number of fused-ring (bicyclic) bond motifs is 1. The van der Waals surface area contributed by atoms with Crippen LogP contribution >= 0.6 is 0 Å². The van der Waals surface area contributed by atoms with Crippen LogP contribution in [0.5, 0.6) is 0 Å². The lowest BCUT2D eigenvalue weighted by Gasteiger charge is -2.32. The van der Waals surface area contributed by atoms with Gasteiger partial charge in [0.2, 0.25) is 0 Å². The van der Waals surface area contributed by atoms with Crippen molar-refractivity contribution in [2.75, 3.05) is 19.3 Å². The topological polar surface area (TPSA) is 88.5 Å². The van der Waals surface area contributed by atoms with E-state index in [1.54, 1.807) is 17.2 Å². The zero-order valence-corrected chi connectivity index (χ0v) is 18.0. The minimum absolute atomic E-state index is 0.0282. The number of nitrogens with zero attached hydrogens (tertiary/aromatic N) is 2. The van der Waals surface area contributed by atoms with Gasteiger partial charge in [-0.25, -0.2) is 0 Å². The largest absolute Gasteiger partial charge is 0.348 e. The van der Waals surface area contributed by atoms with E-state index in [1.807, 2.05) is 31.2 Å². The van der Waals surface area contributed by atoms with Gasteiger partial charge < -0.3 is 14.8 Å². The van der Waals surface area contributed by atoms with Crippen molar-refractivity contribution in [2.24, 2.45) is 0 Å². The molecule has 1 aromatic carbocycles. The van der Waals surface area contributed by atoms with E-state index in [-0.39, 0.29) is 21.9 Å². The second-order valence-corrected chi connectivity index (χ2v) is 9.90. The number of benzene rings is 1. The second kappa shape index (κ2) is 7.83. The number of nitrogens with one attached hydrogen (secondary N) is 1. The minimum Gasteiger partial charge on any atom is -0.348 e. The van der Waals surface area contributed by atoms with Gasteiger partial charge in [0.05, 0.1) is 4.75 Å². The van der Waals surface area contributed by atoms with E-state index in [2.05, 4.69) is 5.32 Å². The van der Waals surface area contributed by atoms with Crippen LogP contribution in [0.3, 0.4) is 0 Å². The molecule has 1 aliphatic carbocycles. The Hall–Kier alpha value is -2.74. The molecule has 0 unspecified atom stereocenters. The molecule has 1 fully saturated rings. The summed E-state index contributed by atoms with van der Waals surface area (Å²) in [4.78, 5) is 40.0. The lowest BCUT2D eigenvalue weighted by molar-refractivity contribution is 0.0695. The number of aromatic nitrogens is 1. The molecule has 2 aliphatic rings. The Kier molecular flexibility index (Phi) is 5.36. The average Bonchev–Trinajstić information content (AvgIpc) is 3.51. The summed E-state index contributed by atoms with van der Waals surface area (Å²) >= 11 is 0. The normalized spacial score (nSPS) is 17.9. The van der Waals surface area contributed by atoms with Gasteiger partial charge in [-0.1, -0.05) is 29.8 Å². The van der Waals surface area contributed by atoms with Crippen molar-refractivity contribution in [1.29, 1.82) is 0 Å². The summed E-state index contributed by atoms with van der Waals surface area (Å²) in [7, 11) is -0.989. The van der Waals surface area contributed by atoms with Gasteiger partial charge in [0.15, 0.2) is 0 Å². The Balaban J connectivity index is 1.49. The standard InChI is InChI=1S/C22H25N3O4S/c1-15-3-5-16(6-4-15)13-23-19(26)17-7-8-18-21(28)24(11-12-25(18)20(17)27)14-22(9-10-22)30(2)29/h3-8H,9-14H2,1-2H3,(H,23,26)/t30-/m1/s1. The maximum absolute atomic E-state index is 12.9. The molecule has 1 atom stereocenters. The molecule has 2 amide bonds. The molecule has 2 heterocycles. The summed E-state index contributed by atoms with van der Waals surface area (Å²) in [5.74, 6) is -0.703. The summed E-state index contributed by atoms with van der Waals surface area (Å²) < 4.78 is 13.1. The Morgan fingerprint density at radius 1 is 1.10 bits per heavy atom. The van der Waals surface area contributed by atoms with E-state index < -0.39 is 22.3 Å². The smallest absolute Gasteiger partial charge is 0.270 e. The molecule has 0 saturated heterocycles. The third kappa shape index (κ3) is 3.84. The number of pyridine rings is 1. The van der Waals surface area contributed by atoms with Gasteiger partial charge in [0.25, 0.3) is 17.4 Å². The van der Waals surface area contributed by atoms with Crippen LogP contribution in [0.15, 0.2) is 41.2 Å². The molecule has 30 heavy (non-hydrogen) atoms. The van der Waals surface area contributed by atoms with Gasteiger partial charge in [-0.2, -0.15) is 0 Å². The van der Waals surface area contributed by atoms with Crippen molar-refractivity contribution in [3.8, 4) is 0 Å². The summed E-state index contributed by atoms with van der Waals surface area (Å²) in [6.45, 7) is 3.46. The maximum Gasteiger partial charge on any atom is 0.270 e. The summed E-state index contributed by atoms with van der Waals surface area (Å²) in [5.41, 5.74) is 1.93. The van der Waals surface area contributed by atoms with Crippen molar-refractivity contribution < 1.29 is 13.8 Å². The molecule has 2 aromatic rings. The summed E-state index contributed by atoms with van der Waals surface area (Å²) in [6.07, 6.45) is 3.39. The molecule has 158 valence electrons. The van der Waals surface area contributed by atoms with Crippen molar-refractivity contribution >= 4 is 22.6 Å². The first kappa shape index (κ1) is 20.5. The Morgan fingerprint density at radius 3 is 2.43 bits per heavy atom. The molecular formula is C22H25N3O4S. The molecule has 4 rings (SSSR count). The fourth-order valence-corrected chi connectivity index (χ4v) is 4.82. The zero-order chi connectivity index (χ0) is 21.5. The predicted octanol–water partition coefficient (Wildman–Crippen LogP) is 1.45. The highest BCUT2D eigenvalue weighted by molar-refractivity contribution is 7.86. The first-order valence-corrected chi connectivity index (χ1v) is 11.6. The fraction of sp³-hybridized carbons (Fsp3) is 0.409. The van der Waals surface area contributed by atoms with Crippen LogP contribution in [-0.4, -0.2) is 49.6 Å². The van der Waals surface area contributed by atoms with Crippen LogP contribution in [0.2, 0.25) is 0 Å². The monoisotopic (exact) mass is 427 g/mol. The molecule has 1 aromatic heterocycles. The number of amides is 2. The molecule has 1 saturated carbocycles. The van der Waals surface area contributed by atoms with E-state index >= 15 is 0 Å². The number of carbonyl (C=O) groups is 2. The molecule has 0 radical (unpaired) electrons. The van der Waals surface area contributed by atoms with Crippen molar-refractivity contribution in [1.82, 2.24) is 14.8 Å². The van der Waals surface area contributed by atoms with Crippen LogP contribution in [0, 0.1) is 6.92 Å². The van der Waals surface area contributed by atoms with Gasteiger partial charge >= 0.3 is 0 Å². The third-order valence-electron chi connectivity index (χ3n) is 5.99. The van der Waals surface area contributed by atoms with Gasteiger partial charge in [0, 0.05) is 43.2 Å². The first-order chi connectivity index (χ1) is 14.3. The van der Waals surface area contributed by atoms with Crippen LogP contribution in [0.25, 0.3) is 0 Å². The molecule has 1 aliphatic heterocycles. The van der Waals surface area contributed by atoms with Crippen LogP contribution < -0.4 is 10.9 Å². The van der Waals surface area contributed by atoms with Gasteiger partial charge in [-0.05, 0) is 37.5 Å². The van der Waals surface area contributed by atoms with Crippen molar-refractivity contribution in [2.45, 2.75) is 37.6 Å². The van der Waals surface area contributed by atoms with Gasteiger partial charge in [0.1, 0.15) is 11.3 Å². The zero-order valence-electron chi connectivity index (χ0n) is 17.1. The first-order valence-electron chi connectivity index (χ1n) is 10.0. The van der Waals surface area contributed by atoms with E-state index in [0.29, 0.717) is 26.2 Å². The van der Waals surface area contributed by atoms with E-state index in [1.165, 1.54) is 10.6 Å². The molecule has 8 heteroatoms. The Labute approximate surface area is 177 Å². The predicted molar refractivity (Wildman–Crippen MR) is 115 cm³/mol. The average molecular weight is 428 g/mol. The number of aryl methyl sites for hydroxylation is 1. The second-order valence-electron chi connectivity index (χ2n) is 8.12. The Bertz CT molecular complexity index is 1090. The summed E-state index contributed by atoms with van der Waals surface area (Å²) in [6, 6.07) is 10.8. The lowest BCUT2D eigenvalue weighted by atomic mass is 10.1.